The first-order valence-electron chi connectivity index (χ1n) is 4.70. The predicted octanol–water partition coefficient (Wildman–Crippen LogP) is 0.551. The van der Waals surface area contributed by atoms with Crippen LogP contribution in [0.2, 0.25) is 0 Å². The lowest BCUT2D eigenvalue weighted by atomic mass is 10.1. The Morgan fingerprint density at radius 2 is 2.62 bits per heavy atom. The van der Waals surface area contributed by atoms with Crippen LogP contribution in [0.1, 0.15) is 12.8 Å². The van der Waals surface area contributed by atoms with Crippen LogP contribution in [0.4, 0.5) is 0 Å². The highest BCUT2D eigenvalue weighted by atomic mass is 16.5. The van der Waals surface area contributed by atoms with Gasteiger partial charge in [0.15, 0.2) is 5.75 Å². The summed E-state index contributed by atoms with van der Waals surface area (Å²) in [5, 5.41) is 7.36. The molecule has 13 heavy (non-hydrogen) atoms. The number of nitrogens with zero attached hydrogens (tertiary/aromatic N) is 2. The highest BCUT2D eigenvalue weighted by Gasteiger charge is 2.14. The summed E-state index contributed by atoms with van der Waals surface area (Å²) in [6.07, 6.45) is 6.31. The molecule has 4 heteroatoms. The second kappa shape index (κ2) is 3.79. The van der Waals surface area contributed by atoms with Crippen LogP contribution in [0.5, 0.6) is 5.75 Å². The Kier molecular flexibility index (Phi) is 2.49. The number of nitrogens with one attached hydrogen (secondary N) is 1. The fourth-order valence-electron chi connectivity index (χ4n) is 1.57. The Balaban J connectivity index is 1.89. The van der Waals surface area contributed by atoms with Crippen molar-refractivity contribution in [1.82, 2.24) is 15.1 Å². The Morgan fingerprint density at radius 1 is 1.69 bits per heavy atom. The lowest BCUT2D eigenvalue weighted by Crippen LogP contribution is -2.37. The second-order valence-corrected chi connectivity index (χ2v) is 3.44. The van der Waals surface area contributed by atoms with Crippen molar-refractivity contribution in [2.75, 3.05) is 13.1 Å². The molecule has 0 radical (unpaired) electrons. The van der Waals surface area contributed by atoms with E-state index < -0.39 is 0 Å². The Morgan fingerprint density at radius 3 is 3.23 bits per heavy atom. The molecule has 1 aliphatic heterocycles. The molecular weight excluding hydrogens is 166 g/mol. The lowest BCUT2D eigenvalue weighted by Gasteiger charge is -2.22. The van der Waals surface area contributed by atoms with Crippen LogP contribution in [0, 0.1) is 0 Å². The average molecular weight is 181 g/mol. The number of hydrogen-bond acceptors (Lipinski definition) is 3. The molecule has 0 spiro atoms. The number of aromatic nitrogens is 2. The summed E-state index contributed by atoms with van der Waals surface area (Å²) >= 11 is 0. The van der Waals surface area contributed by atoms with E-state index in [0.29, 0.717) is 6.10 Å². The van der Waals surface area contributed by atoms with E-state index in [1.165, 1.54) is 6.42 Å². The first-order chi connectivity index (χ1) is 6.34. The zero-order valence-electron chi connectivity index (χ0n) is 7.86. The molecule has 1 atom stereocenters. The van der Waals surface area contributed by atoms with E-state index in [4.69, 9.17) is 4.74 Å². The normalized spacial score (nSPS) is 23.0. The van der Waals surface area contributed by atoms with E-state index >= 15 is 0 Å². The molecule has 0 bridgehead atoms. The standard InChI is InChI=1S/C9H15N3O/c1-12-7-9(6-11-12)13-8-3-2-4-10-5-8/h6-8,10H,2-5H2,1H3/t8-/m1/s1. The van der Waals surface area contributed by atoms with Gasteiger partial charge in [-0.2, -0.15) is 5.10 Å². The van der Waals surface area contributed by atoms with E-state index in [-0.39, 0.29) is 0 Å². The predicted molar refractivity (Wildman–Crippen MR) is 49.7 cm³/mol. The molecule has 1 fully saturated rings. The van der Waals surface area contributed by atoms with Crippen LogP contribution in [0.15, 0.2) is 12.4 Å². The van der Waals surface area contributed by atoms with Gasteiger partial charge in [0.1, 0.15) is 6.10 Å². The van der Waals surface area contributed by atoms with Gasteiger partial charge in [0, 0.05) is 13.6 Å². The van der Waals surface area contributed by atoms with E-state index in [1.807, 2.05) is 13.2 Å². The summed E-state index contributed by atoms with van der Waals surface area (Å²) in [4.78, 5) is 0. The van der Waals surface area contributed by atoms with Crippen molar-refractivity contribution in [2.24, 2.45) is 7.05 Å². The minimum atomic E-state index is 0.318. The third-order valence-electron chi connectivity index (χ3n) is 2.24. The molecule has 4 nitrogen and oxygen atoms in total. The topological polar surface area (TPSA) is 39.1 Å². The molecule has 72 valence electrons. The lowest BCUT2D eigenvalue weighted by molar-refractivity contribution is 0.167. The van der Waals surface area contributed by atoms with Crippen molar-refractivity contribution >= 4 is 0 Å². The first-order valence-corrected chi connectivity index (χ1v) is 4.70. The summed E-state index contributed by atoms with van der Waals surface area (Å²) in [6.45, 7) is 2.07. The maximum Gasteiger partial charge on any atom is 0.157 e. The molecule has 0 unspecified atom stereocenters. The van der Waals surface area contributed by atoms with Crippen molar-refractivity contribution in [3.8, 4) is 5.75 Å². The number of piperidine rings is 1. The van der Waals surface area contributed by atoms with Crippen molar-refractivity contribution in [3.05, 3.63) is 12.4 Å². The maximum atomic E-state index is 5.73. The van der Waals surface area contributed by atoms with Gasteiger partial charge in [-0.3, -0.25) is 4.68 Å². The summed E-state index contributed by atoms with van der Waals surface area (Å²) < 4.78 is 7.49. The summed E-state index contributed by atoms with van der Waals surface area (Å²) in [5.41, 5.74) is 0. The molecule has 0 aromatic carbocycles. The second-order valence-electron chi connectivity index (χ2n) is 3.44. The van der Waals surface area contributed by atoms with Crippen LogP contribution in [-0.2, 0) is 7.05 Å². The Hall–Kier alpha value is -1.03. The van der Waals surface area contributed by atoms with Gasteiger partial charge in [-0.05, 0) is 19.4 Å². The molecule has 0 aliphatic carbocycles. The highest BCUT2D eigenvalue weighted by molar-refractivity contribution is 5.12. The van der Waals surface area contributed by atoms with Crippen LogP contribution in [0.25, 0.3) is 0 Å². The minimum absolute atomic E-state index is 0.318. The molecule has 2 heterocycles. The van der Waals surface area contributed by atoms with Crippen molar-refractivity contribution in [2.45, 2.75) is 18.9 Å². The zero-order valence-corrected chi connectivity index (χ0v) is 7.86. The van der Waals surface area contributed by atoms with Crippen molar-refractivity contribution in [3.63, 3.8) is 0 Å². The van der Waals surface area contributed by atoms with Gasteiger partial charge in [-0.25, -0.2) is 0 Å². The number of hydrogen-bond donors (Lipinski definition) is 1. The van der Waals surface area contributed by atoms with Gasteiger partial charge in [-0.15, -0.1) is 0 Å². The van der Waals surface area contributed by atoms with E-state index in [1.54, 1.807) is 10.9 Å². The van der Waals surface area contributed by atoms with Crippen LogP contribution >= 0.6 is 0 Å². The van der Waals surface area contributed by atoms with Crippen LogP contribution in [0.3, 0.4) is 0 Å². The Bertz CT molecular complexity index is 266. The van der Waals surface area contributed by atoms with E-state index in [0.717, 1.165) is 25.3 Å². The van der Waals surface area contributed by atoms with E-state index in [9.17, 15) is 0 Å². The summed E-state index contributed by atoms with van der Waals surface area (Å²) in [5.74, 6) is 0.871. The van der Waals surface area contributed by atoms with Crippen LogP contribution < -0.4 is 10.1 Å². The van der Waals surface area contributed by atoms with Crippen LogP contribution in [-0.4, -0.2) is 29.0 Å². The van der Waals surface area contributed by atoms with E-state index in [2.05, 4.69) is 10.4 Å². The van der Waals surface area contributed by atoms with Gasteiger partial charge >= 0.3 is 0 Å². The monoisotopic (exact) mass is 181 g/mol. The Labute approximate surface area is 77.9 Å². The molecule has 1 aliphatic rings. The largest absolute Gasteiger partial charge is 0.486 e. The third kappa shape index (κ3) is 2.21. The van der Waals surface area contributed by atoms with Gasteiger partial charge in [-0.1, -0.05) is 0 Å². The van der Waals surface area contributed by atoms with Gasteiger partial charge in [0.25, 0.3) is 0 Å². The van der Waals surface area contributed by atoms with Crippen molar-refractivity contribution in [1.29, 1.82) is 0 Å². The number of aryl methyl sites for hydroxylation is 1. The number of ether oxygens (including phenoxy) is 1. The highest BCUT2D eigenvalue weighted by Crippen LogP contribution is 2.13. The fourth-order valence-corrected chi connectivity index (χ4v) is 1.57. The third-order valence-corrected chi connectivity index (χ3v) is 2.24. The average Bonchev–Trinajstić information content (AvgIpc) is 2.53. The molecule has 1 aromatic rings. The van der Waals surface area contributed by atoms with Gasteiger partial charge < -0.3 is 10.1 Å². The fraction of sp³-hybridized carbons (Fsp3) is 0.667. The molecule has 1 N–H and O–H groups in total. The molecule has 1 saturated heterocycles. The smallest absolute Gasteiger partial charge is 0.157 e. The van der Waals surface area contributed by atoms with Gasteiger partial charge in [0.2, 0.25) is 0 Å². The molecule has 2 rings (SSSR count). The molecular formula is C9H15N3O. The minimum Gasteiger partial charge on any atom is -0.486 e. The quantitative estimate of drug-likeness (QED) is 0.724. The molecule has 0 amide bonds. The maximum absolute atomic E-state index is 5.73. The number of rotatable bonds is 2. The summed E-state index contributed by atoms with van der Waals surface area (Å²) in [6, 6.07) is 0. The van der Waals surface area contributed by atoms with Gasteiger partial charge in [0.05, 0.1) is 12.4 Å². The summed E-state index contributed by atoms with van der Waals surface area (Å²) in [7, 11) is 1.89. The molecule has 0 saturated carbocycles. The SMILES string of the molecule is Cn1cc(O[C@@H]2CCCNC2)cn1. The zero-order chi connectivity index (χ0) is 9.10. The molecule has 1 aromatic heterocycles. The first kappa shape index (κ1) is 8.56. The van der Waals surface area contributed by atoms with Crippen molar-refractivity contribution < 1.29 is 4.74 Å².